The first-order valence-corrected chi connectivity index (χ1v) is 23.5. The first-order valence-electron chi connectivity index (χ1n) is 23.5. The van der Waals surface area contributed by atoms with Gasteiger partial charge in [-0.15, -0.1) is 0 Å². The molecule has 0 radical (unpaired) electrons. The quantitative estimate of drug-likeness (QED) is 0.127. The van der Waals surface area contributed by atoms with E-state index in [1.807, 2.05) is 84.9 Å². The molecule has 330 valence electrons. The Kier molecular flexibility index (Phi) is 10.1. The molecule has 0 saturated carbocycles. The van der Waals surface area contributed by atoms with Gasteiger partial charge in [-0.1, -0.05) is 146 Å². The van der Waals surface area contributed by atoms with Gasteiger partial charge in [0.05, 0.1) is 0 Å². The summed E-state index contributed by atoms with van der Waals surface area (Å²) < 4.78 is 12.8. The van der Waals surface area contributed by atoms with Crippen LogP contribution in [0.4, 0.5) is 34.1 Å². The molecule has 0 spiro atoms. The van der Waals surface area contributed by atoms with E-state index in [2.05, 4.69) is 180 Å². The van der Waals surface area contributed by atoms with Crippen molar-refractivity contribution in [1.82, 2.24) is 9.97 Å². The van der Waals surface area contributed by atoms with Crippen molar-refractivity contribution in [2.75, 3.05) is 9.80 Å². The number of oxazole rings is 2. The van der Waals surface area contributed by atoms with Crippen molar-refractivity contribution in [3.05, 3.63) is 255 Å². The molecule has 0 N–H and O–H groups in total. The molecule has 6 nitrogen and oxygen atoms in total. The molecule has 0 aliphatic carbocycles. The molecule has 70 heavy (non-hydrogen) atoms. The van der Waals surface area contributed by atoms with E-state index in [0.29, 0.717) is 11.8 Å². The van der Waals surface area contributed by atoms with Crippen LogP contribution in [0.3, 0.4) is 0 Å². The Hall–Kier alpha value is -9.52. The number of aromatic nitrogens is 2. The minimum atomic E-state index is 0.602. The van der Waals surface area contributed by atoms with Crippen LogP contribution in [0.1, 0.15) is 0 Å². The van der Waals surface area contributed by atoms with Gasteiger partial charge in [0.15, 0.2) is 11.2 Å². The third-order valence-corrected chi connectivity index (χ3v) is 13.1. The summed E-state index contributed by atoms with van der Waals surface area (Å²) in [6.07, 6.45) is 0. The van der Waals surface area contributed by atoms with E-state index < -0.39 is 0 Å². The fourth-order valence-electron chi connectivity index (χ4n) is 9.60. The van der Waals surface area contributed by atoms with Crippen LogP contribution in [0.25, 0.3) is 88.9 Å². The van der Waals surface area contributed by atoms with Crippen molar-refractivity contribution >= 4 is 77.9 Å². The Morgan fingerprint density at radius 2 is 0.571 bits per heavy atom. The van der Waals surface area contributed by atoms with Gasteiger partial charge < -0.3 is 18.6 Å². The number of hydrogen-bond acceptors (Lipinski definition) is 6. The summed E-state index contributed by atoms with van der Waals surface area (Å²) in [6.45, 7) is 0. The Morgan fingerprint density at radius 1 is 0.257 bits per heavy atom. The molecule has 13 aromatic rings. The molecule has 6 heteroatoms. The van der Waals surface area contributed by atoms with E-state index in [0.717, 1.165) is 89.4 Å². The van der Waals surface area contributed by atoms with Gasteiger partial charge in [0.2, 0.25) is 11.8 Å². The SMILES string of the molecule is c1ccc(-c2ccc(N(c3ccc4c(ccc5cc(N(c6ccc(-c7ccccc7)cc6)c6ccc7nc(-c8ccccc8)oc7c6)ccc54)c3)c3ccc4nc(-c5ccccc5)oc4c3)cc2)cc1. The van der Waals surface area contributed by atoms with Crippen molar-refractivity contribution in [1.29, 1.82) is 0 Å². The maximum Gasteiger partial charge on any atom is 0.227 e. The molecule has 0 atom stereocenters. The summed E-state index contributed by atoms with van der Waals surface area (Å²) in [5.74, 6) is 1.20. The van der Waals surface area contributed by atoms with Crippen molar-refractivity contribution in [3.63, 3.8) is 0 Å². The van der Waals surface area contributed by atoms with Crippen molar-refractivity contribution in [3.8, 4) is 45.2 Å². The van der Waals surface area contributed by atoms with Gasteiger partial charge in [0.25, 0.3) is 0 Å². The van der Waals surface area contributed by atoms with Crippen molar-refractivity contribution in [2.24, 2.45) is 0 Å². The molecule has 0 bridgehead atoms. The van der Waals surface area contributed by atoms with Crippen LogP contribution in [0, 0.1) is 0 Å². The van der Waals surface area contributed by atoms with Crippen LogP contribution in [-0.2, 0) is 0 Å². The molecule has 11 aromatic carbocycles. The second-order valence-corrected chi connectivity index (χ2v) is 17.4. The lowest BCUT2D eigenvalue weighted by molar-refractivity contribution is 0.619. The minimum Gasteiger partial charge on any atom is -0.436 e. The summed E-state index contributed by atoms with van der Waals surface area (Å²) in [5.41, 5.74) is 15.7. The fourth-order valence-corrected chi connectivity index (χ4v) is 9.60. The van der Waals surface area contributed by atoms with E-state index in [4.69, 9.17) is 18.8 Å². The highest BCUT2D eigenvalue weighted by molar-refractivity contribution is 6.10. The molecular weight excluding hydrogens is 857 g/mol. The lowest BCUT2D eigenvalue weighted by Gasteiger charge is -2.27. The number of nitrogens with zero attached hydrogens (tertiary/aromatic N) is 4. The van der Waals surface area contributed by atoms with Gasteiger partial charge in [-0.05, 0) is 141 Å². The predicted octanol–water partition coefficient (Wildman–Crippen LogP) is 17.9. The molecule has 13 rings (SSSR count). The summed E-state index contributed by atoms with van der Waals surface area (Å²) in [5, 5.41) is 4.60. The van der Waals surface area contributed by atoms with Gasteiger partial charge in [0, 0.05) is 57.4 Å². The summed E-state index contributed by atoms with van der Waals surface area (Å²) in [4.78, 5) is 14.3. The van der Waals surface area contributed by atoms with Crippen LogP contribution < -0.4 is 9.80 Å². The molecule has 0 aliphatic heterocycles. The molecule has 0 unspecified atom stereocenters. The highest BCUT2D eigenvalue weighted by atomic mass is 16.4. The topological polar surface area (TPSA) is 58.5 Å². The van der Waals surface area contributed by atoms with E-state index in [9.17, 15) is 0 Å². The van der Waals surface area contributed by atoms with Crippen LogP contribution in [0.2, 0.25) is 0 Å². The molecule has 2 aromatic heterocycles. The van der Waals surface area contributed by atoms with Gasteiger partial charge >= 0.3 is 0 Å². The van der Waals surface area contributed by atoms with Crippen LogP contribution in [0.15, 0.2) is 264 Å². The molecule has 2 heterocycles. The smallest absolute Gasteiger partial charge is 0.227 e. The zero-order valence-corrected chi connectivity index (χ0v) is 37.9. The first-order chi connectivity index (χ1) is 34.6. The van der Waals surface area contributed by atoms with E-state index in [1.54, 1.807) is 0 Å². The number of anilines is 6. The normalized spacial score (nSPS) is 11.4. The standard InChI is InChI=1S/C64H42N4O2/c1-5-13-43(14-6-1)45-23-27-51(28-24-45)67(55-33-37-59-61(41-55)69-63(65-59)47-17-9-3-10-18-47)53-31-35-57-49(39-53)21-22-50-40-54(32-36-58(50)57)68(52-29-25-46(26-30-52)44-15-7-2-8-16-44)56-34-38-60-62(42-56)70-64(66-60)48-19-11-4-12-20-48/h1-42H. The third kappa shape index (κ3) is 7.60. The monoisotopic (exact) mass is 898 g/mol. The average Bonchev–Trinajstić information content (AvgIpc) is 4.07. The number of benzene rings is 11. The van der Waals surface area contributed by atoms with E-state index in [1.165, 1.54) is 21.9 Å². The zero-order chi connectivity index (χ0) is 46.4. The van der Waals surface area contributed by atoms with Gasteiger partial charge in [-0.25, -0.2) is 9.97 Å². The Balaban J connectivity index is 0.895. The largest absolute Gasteiger partial charge is 0.436 e. The molecule has 0 fully saturated rings. The Morgan fingerprint density at radius 3 is 0.957 bits per heavy atom. The Labute approximate surface area is 404 Å². The number of rotatable bonds is 10. The third-order valence-electron chi connectivity index (χ3n) is 13.1. The fraction of sp³-hybridized carbons (Fsp3) is 0. The summed E-state index contributed by atoms with van der Waals surface area (Å²) in [7, 11) is 0. The lowest BCUT2D eigenvalue weighted by Crippen LogP contribution is -2.10. The minimum absolute atomic E-state index is 0.602. The second kappa shape index (κ2) is 17.3. The first kappa shape index (κ1) is 40.7. The molecule has 0 amide bonds. The second-order valence-electron chi connectivity index (χ2n) is 17.4. The van der Waals surface area contributed by atoms with Crippen LogP contribution >= 0.6 is 0 Å². The average molecular weight is 899 g/mol. The van der Waals surface area contributed by atoms with Gasteiger partial charge in [-0.2, -0.15) is 0 Å². The van der Waals surface area contributed by atoms with Gasteiger partial charge in [-0.3, -0.25) is 0 Å². The maximum absolute atomic E-state index is 6.41. The zero-order valence-electron chi connectivity index (χ0n) is 37.9. The van der Waals surface area contributed by atoms with Gasteiger partial charge in [0.1, 0.15) is 11.0 Å². The predicted molar refractivity (Wildman–Crippen MR) is 288 cm³/mol. The van der Waals surface area contributed by atoms with E-state index in [-0.39, 0.29) is 0 Å². The van der Waals surface area contributed by atoms with E-state index >= 15 is 0 Å². The van der Waals surface area contributed by atoms with Crippen LogP contribution in [0.5, 0.6) is 0 Å². The van der Waals surface area contributed by atoms with Crippen molar-refractivity contribution in [2.45, 2.75) is 0 Å². The summed E-state index contributed by atoms with van der Waals surface area (Å²) >= 11 is 0. The lowest BCUT2D eigenvalue weighted by atomic mass is 9.99. The number of fused-ring (bicyclic) bond motifs is 5. The van der Waals surface area contributed by atoms with Crippen molar-refractivity contribution < 1.29 is 8.83 Å². The molecule has 0 aliphatic rings. The van der Waals surface area contributed by atoms with Crippen LogP contribution in [-0.4, -0.2) is 9.97 Å². The highest BCUT2D eigenvalue weighted by Gasteiger charge is 2.20. The number of hydrogen-bond donors (Lipinski definition) is 0. The highest BCUT2D eigenvalue weighted by Crippen LogP contribution is 2.43. The molecule has 0 saturated heterocycles. The maximum atomic E-state index is 6.41. The summed E-state index contributed by atoms with van der Waals surface area (Å²) in [6, 6.07) is 89.1. The Bertz CT molecular complexity index is 3720. The molecular formula is C64H42N4O2.